The second kappa shape index (κ2) is 13.1. The van der Waals surface area contributed by atoms with Crippen LogP contribution >= 0.6 is 0 Å². The SMILES string of the molecule is C.Cc1ccc(S(=O)(=O)O)cc1.Nc1ccn(-c2ccccc2F)n1.Nc1ccn(-c2ccccc2F)n1. The lowest BCUT2D eigenvalue weighted by atomic mass is 10.2. The maximum atomic E-state index is 13.2. The Morgan fingerprint density at radius 1 is 0.711 bits per heavy atom. The van der Waals surface area contributed by atoms with Crippen molar-refractivity contribution in [2.45, 2.75) is 19.2 Å². The summed E-state index contributed by atoms with van der Waals surface area (Å²) >= 11 is 0. The third kappa shape index (κ3) is 8.25. The van der Waals surface area contributed by atoms with E-state index < -0.39 is 10.1 Å². The third-order valence-electron chi connectivity index (χ3n) is 4.74. The molecule has 9 nitrogen and oxygen atoms in total. The van der Waals surface area contributed by atoms with Crippen LogP contribution in [0.4, 0.5) is 20.4 Å². The van der Waals surface area contributed by atoms with Gasteiger partial charge in [-0.15, -0.1) is 0 Å². The highest BCUT2D eigenvalue weighted by molar-refractivity contribution is 7.85. The van der Waals surface area contributed by atoms with E-state index in [1.165, 1.54) is 33.6 Å². The molecule has 2 heterocycles. The number of aromatic nitrogens is 4. The summed E-state index contributed by atoms with van der Waals surface area (Å²) in [7, 11) is -4.02. The summed E-state index contributed by atoms with van der Waals surface area (Å²) in [6.45, 7) is 1.84. The molecule has 38 heavy (non-hydrogen) atoms. The number of hydrogen-bond donors (Lipinski definition) is 3. The van der Waals surface area contributed by atoms with Crippen LogP contribution in [0.3, 0.4) is 0 Å². The van der Waals surface area contributed by atoms with Crippen LogP contribution in [0.2, 0.25) is 0 Å². The van der Waals surface area contributed by atoms with Gasteiger partial charge in [-0.3, -0.25) is 4.55 Å². The van der Waals surface area contributed by atoms with E-state index in [4.69, 9.17) is 16.0 Å². The lowest BCUT2D eigenvalue weighted by molar-refractivity contribution is 0.483. The molecule has 0 saturated carbocycles. The number of nitrogen functional groups attached to an aromatic ring is 2. The molecule has 2 aromatic heterocycles. The zero-order valence-corrected chi connectivity index (χ0v) is 20.4. The Kier molecular flexibility index (Phi) is 10.3. The van der Waals surface area contributed by atoms with Crippen LogP contribution in [0.15, 0.2) is 102 Å². The number of rotatable bonds is 3. The summed E-state index contributed by atoms with van der Waals surface area (Å²) in [5.41, 5.74) is 12.6. The van der Waals surface area contributed by atoms with Crippen LogP contribution in [0.25, 0.3) is 11.4 Å². The highest BCUT2D eigenvalue weighted by Gasteiger charge is 2.07. The first-order chi connectivity index (χ1) is 17.5. The number of aryl methyl sites for hydroxylation is 1. The summed E-state index contributed by atoms with van der Waals surface area (Å²) in [6, 6.07) is 22.0. The van der Waals surface area contributed by atoms with Gasteiger partial charge in [0.25, 0.3) is 10.1 Å². The molecule has 0 atom stereocenters. The number of anilines is 2. The van der Waals surface area contributed by atoms with Gasteiger partial charge in [-0.25, -0.2) is 18.1 Å². The number of hydrogen-bond acceptors (Lipinski definition) is 6. The molecular formula is C26H28F2N6O3S. The number of nitrogens with zero attached hydrogens (tertiary/aromatic N) is 4. The Morgan fingerprint density at radius 2 is 1.11 bits per heavy atom. The van der Waals surface area contributed by atoms with Gasteiger partial charge in [-0.05, 0) is 43.3 Å². The van der Waals surface area contributed by atoms with Crippen LogP contribution < -0.4 is 11.5 Å². The monoisotopic (exact) mass is 542 g/mol. The average molecular weight is 543 g/mol. The molecule has 0 amide bonds. The fraction of sp³-hybridized carbons (Fsp3) is 0.0769. The molecule has 0 aliphatic carbocycles. The minimum atomic E-state index is -4.02. The summed E-state index contributed by atoms with van der Waals surface area (Å²) in [5.74, 6) is 0.128. The van der Waals surface area contributed by atoms with Crippen LogP contribution in [-0.4, -0.2) is 32.5 Å². The maximum Gasteiger partial charge on any atom is 0.294 e. The van der Waals surface area contributed by atoms with E-state index in [2.05, 4.69) is 10.2 Å². The van der Waals surface area contributed by atoms with Crippen LogP contribution in [0.5, 0.6) is 0 Å². The Bertz CT molecular complexity index is 1490. The normalized spacial score (nSPS) is 10.3. The van der Waals surface area contributed by atoms with Crippen LogP contribution in [-0.2, 0) is 10.1 Å². The topological polar surface area (TPSA) is 142 Å². The number of benzene rings is 3. The van der Waals surface area contributed by atoms with Crippen molar-refractivity contribution in [3.05, 3.63) is 115 Å². The molecular weight excluding hydrogens is 514 g/mol. The van der Waals surface area contributed by atoms with Crippen molar-refractivity contribution in [1.29, 1.82) is 0 Å². The highest BCUT2D eigenvalue weighted by atomic mass is 32.2. The number of nitrogens with two attached hydrogens (primary N) is 2. The first-order valence-corrected chi connectivity index (χ1v) is 12.1. The summed E-state index contributed by atoms with van der Waals surface area (Å²) in [5, 5.41) is 7.79. The first kappa shape index (κ1) is 29.7. The minimum absolute atomic E-state index is 0. The fourth-order valence-electron chi connectivity index (χ4n) is 2.93. The van der Waals surface area contributed by atoms with Crippen molar-refractivity contribution in [1.82, 2.24) is 19.6 Å². The van der Waals surface area contributed by atoms with Crippen molar-refractivity contribution in [2.24, 2.45) is 0 Å². The van der Waals surface area contributed by atoms with Gasteiger partial charge in [0.15, 0.2) is 0 Å². The molecule has 0 unspecified atom stereocenters. The molecule has 0 aliphatic rings. The molecule has 0 fully saturated rings. The smallest absolute Gasteiger partial charge is 0.294 e. The van der Waals surface area contributed by atoms with Crippen molar-refractivity contribution >= 4 is 21.8 Å². The number of para-hydroxylation sites is 2. The standard InChI is InChI=1S/2C9H8FN3.C7H8O3S.CH4/c2*10-7-3-1-2-4-8(7)13-6-5-9(11)12-13;1-6-2-4-7(5-3-6)11(8,9)10;/h2*1-6H,(H2,11,12);2-5H,1H3,(H,8,9,10);1H4. The summed E-state index contributed by atoms with van der Waals surface area (Å²) in [6.07, 6.45) is 3.24. The lowest BCUT2D eigenvalue weighted by Gasteiger charge is -2.00. The Balaban J connectivity index is 0.000000199. The van der Waals surface area contributed by atoms with Crippen molar-refractivity contribution in [2.75, 3.05) is 11.5 Å². The second-order valence-electron chi connectivity index (χ2n) is 7.56. The molecule has 200 valence electrons. The Morgan fingerprint density at radius 3 is 1.42 bits per heavy atom. The van der Waals surface area contributed by atoms with E-state index in [-0.39, 0.29) is 24.0 Å². The van der Waals surface area contributed by atoms with E-state index in [0.717, 1.165) is 5.56 Å². The lowest BCUT2D eigenvalue weighted by Crippen LogP contribution is -1.98. The van der Waals surface area contributed by atoms with E-state index in [1.807, 2.05) is 6.92 Å². The van der Waals surface area contributed by atoms with Gasteiger partial charge in [0.2, 0.25) is 0 Å². The fourth-order valence-corrected chi connectivity index (χ4v) is 3.41. The molecule has 0 radical (unpaired) electrons. The zero-order valence-electron chi connectivity index (χ0n) is 19.6. The second-order valence-corrected chi connectivity index (χ2v) is 8.98. The van der Waals surface area contributed by atoms with Gasteiger partial charge in [-0.2, -0.15) is 18.6 Å². The van der Waals surface area contributed by atoms with E-state index in [1.54, 1.807) is 73.1 Å². The van der Waals surface area contributed by atoms with Crippen LogP contribution in [0, 0.1) is 18.6 Å². The molecule has 0 aliphatic heterocycles. The third-order valence-corrected chi connectivity index (χ3v) is 5.60. The minimum Gasteiger partial charge on any atom is -0.382 e. The zero-order chi connectivity index (χ0) is 27.0. The maximum absolute atomic E-state index is 13.2. The Labute approximate surface area is 219 Å². The van der Waals surface area contributed by atoms with Gasteiger partial charge < -0.3 is 11.5 Å². The molecule has 3 aromatic carbocycles. The predicted molar refractivity (Wildman–Crippen MR) is 144 cm³/mol. The van der Waals surface area contributed by atoms with Crippen molar-refractivity contribution in [3.8, 4) is 11.4 Å². The number of halogens is 2. The van der Waals surface area contributed by atoms with Crippen molar-refractivity contribution in [3.63, 3.8) is 0 Å². The average Bonchev–Trinajstić information content (AvgIpc) is 3.48. The molecule has 0 saturated heterocycles. The first-order valence-electron chi connectivity index (χ1n) is 10.7. The molecule has 5 N–H and O–H groups in total. The van der Waals surface area contributed by atoms with Gasteiger partial charge in [0, 0.05) is 24.5 Å². The summed E-state index contributed by atoms with van der Waals surface area (Å²) < 4.78 is 58.7. The van der Waals surface area contributed by atoms with E-state index in [9.17, 15) is 17.2 Å². The molecule has 0 spiro atoms. The highest BCUT2D eigenvalue weighted by Crippen LogP contribution is 2.13. The van der Waals surface area contributed by atoms with E-state index >= 15 is 0 Å². The van der Waals surface area contributed by atoms with Crippen molar-refractivity contribution < 1.29 is 21.8 Å². The van der Waals surface area contributed by atoms with Crippen LogP contribution in [0.1, 0.15) is 13.0 Å². The van der Waals surface area contributed by atoms with Gasteiger partial charge >= 0.3 is 0 Å². The summed E-state index contributed by atoms with van der Waals surface area (Å²) in [4.78, 5) is -0.0666. The molecule has 0 bridgehead atoms. The van der Waals surface area contributed by atoms with Gasteiger partial charge in [-0.1, -0.05) is 49.4 Å². The molecule has 5 rings (SSSR count). The predicted octanol–water partition coefficient (Wildman–Crippen LogP) is 5.07. The molecule has 12 heteroatoms. The largest absolute Gasteiger partial charge is 0.382 e. The van der Waals surface area contributed by atoms with E-state index in [0.29, 0.717) is 23.0 Å². The Hall–Kier alpha value is -4.55. The quantitative estimate of drug-likeness (QED) is 0.270. The molecule has 5 aromatic rings. The van der Waals surface area contributed by atoms with Gasteiger partial charge in [0.1, 0.15) is 34.6 Å². The van der Waals surface area contributed by atoms with Gasteiger partial charge in [0.05, 0.1) is 4.90 Å².